The summed E-state index contributed by atoms with van der Waals surface area (Å²) in [7, 11) is 0. The molecule has 0 amide bonds. The maximum atomic E-state index is 9.25. The third-order valence-electron chi connectivity index (χ3n) is 7.94. The van der Waals surface area contributed by atoms with Crippen molar-refractivity contribution in [2.45, 2.75) is 0 Å². The van der Waals surface area contributed by atoms with Crippen LogP contribution in [0.1, 0.15) is 5.48 Å². The molecule has 1 aromatic heterocycles. The lowest BCUT2D eigenvalue weighted by molar-refractivity contribution is 0.669. The number of hydrogen-bond donors (Lipinski definition) is 0. The van der Waals surface area contributed by atoms with Crippen LogP contribution >= 0.6 is 0 Å². The lowest BCUT2D eigenvalue weighted by Gasteiger charge is -2.26. The first-order valence-electron chi connectivity index (χ1n) is 16.6. The van der Waals surface area contributed by atoms with Crippen molar-refractivity contribution in [1.82, 2.24) is 0 Å². The van der Waals surface area contributed by atoms with E-state index in [1.54, 1.807) is 0 Å². The van der Waals surface area contributed by atoms with Crippen molar-refractivity contribution in [3.8, 4) is 33.4 Å². The van der Waals surface area contributed by atoms with Gasteiger partial charge in [0.25, 0.3) is 0 Å². The molecule has 7 aromatic carbocycles. The molecule has 0 aliphatic heterocycles. The van der Waals surface area contributed by atoms with Crippen LogP contribution in [0, 0.1) is 0 Å². The van der Waals surface area contributed by atoms with Gasteiger partial charge in [-0.05, 0) is 87.9 Å². The van der Waals surface area contributed by atoms with Crippen molar-refractivity contribution < 1.29 is 9.90 Å². The SMILES string of the molecule is [2H]c1c([2H])c(N(c2ccc(-c3ccccc3)cc2)c2cccc(-c3ccc4oc5ccccc5c4c3)c2)c([2H])c([2H])c1-c1ccccc1. The fourth-order valence-corrected chi connectivity index (χ4v) is 5.74. The van der Waals surface area contributed by atoms with Crippen LogP contribution in [0.2, 0.25) is 0 Å². The van der Waals surface area contributed by atoms with Gasteiger partial charge in [0.2, 0.25) is 0 Å². The monoisotopic (exact) mass is 567 g/mol. The van der Waals surface area contributed by atoms with Gasteiger partial charge in [-0.3, -0.25) is 0 Å². The Morgan fingerprint density at radius 3 is 1.68 bits per heavy atom. The smallest absolute Gasteiger partial charge is 0.135 e. The van der Waals surface area contributed by atoms with E-state index in [2.05, 4.69) is 24.3 Å². The second-order valence-electron chi connectivity index (χ2n) is 10.7. The Morgan fingerprint density at radius 2 is 0.932 bits per heavy atom. The average molecular weight is 568 g/mol. The highest BCUT2D eigenvalue weighted by Gasteiger charge is 2.15. The van der Waals surface area contributed by atoms with Gasteiger partial charge < -0.3 is 9.32 Å². The molecule has 8 rings (SSSR count). The molecule has 0 unspecified atom stereocenters. The molecule has 2 heteroatoms. The van der Waals surface area contributed by atoms with Crippen molar-refractivity contribution in [3.63, 3.8) is 0 Å². The maximum Gasteiger partial charge on any atom is 0.135 e. The molecule has 0 bridgehead atoms. The first-order valence-corrected chi connectivity index (χ1v) is 14.6. The minimum atomic E-state index is -0.112. The summed E-state index contributed by atoms with van der Waals surface area (Å²) >= 11 is 0. The highest BCUT2D eigenvalue weighted by atomic mass is 16.3. The molecule has 0 saturated heterocycles. The van der Waals surface area contributed by atoms with Gasteiger partial charge in [-0.15, -0.1) is 0 Å². The Labute approximate surface area is 262 Å². The fraction of sp³-hybridized carbons (Fsp3) is 0. The molecule has 0 spiro atoms. The van der Waals surface area contributed by atoms with Crippen LogP contribution in [0.4, 0.5) is 17.1 Å². The van der Waals surface area contributed by atoms with Gasteiger partial charge in [0, 0.05) is 27.8 Å². The van der Waals surface area contributed by atoms with E-state index in [1.807, 2.05) is 132 Å². The third-order valence-corrected chi connectivity index (χ3v) is 7.94. The van der Waals surface area contributed by atoms with E-state index in [4.69, 9.17) is 7.16 Å². The second-order valence-corrected chi connectivity index (χ2v) is 10.7. The van der Waals surface area contributed by atoms with Crippen molar-refractivity contribution in [2.24, 2.45) is 0 Å². The summed E-state index contributed by atoms with van der Waals surface area (Å²) in [6.07, 6.45) is 0. The largest absolute Gasteiger partial charge is 0.456 e. The molecule has 0 aliphatic carbocycles. The second kappa shape index (κ2) is 11.1. The summed E-state index contributed by atoms with van der Waals surface area (Å²) in [5.41, 5.74) is 8.25. The van der Waals surface area contributed by atoms with Crippen LogP contribution in [0.5, 0.6) is 0 Å². The van der Waals surface area contributed by atoms with Crippen molar-refractivity contribution >= 4 is 39.0 Å². The maximum absolute atomic E-state index is 9.25. The van der Waals surface area contributed by atoms with Gasteiger partial charge >= 0.3 is 0 Å². The molecule has 208 valence electrons. The molecule has 0 N–H and O–H groups in total. The number of benzene rings is 7. The Morgan fingerprint density at radius 1 is 0.364 bits per heavy atom. The number of furan rings is 1. The minimum absolute atomic E-state index is 0.0865. The van der Waals surface area contributed by atoms with Crippen LogP contribution in [0.3, 0.4) is 0 Å². The normalized spacial score (nSPS) is 12.5. The predicted octanol–water partition coefficient (Wildman–Crippen LogP) is 12.1. The summed E-state index contributed by atoms with van der Waals surface area (Å²) in [5.74, 6) is 0. The predicted molar refractivity (Wildman–Crippen MR) is 185 cm³/mol. The van der Waals surface area contributed by atoms with E-state index in [0.717, 1.165) is 49.9 Å². The molecule has 0 radical (unpaired) electrons. The van der Waals surface area contributed by atoms with Gasteiger partial charge in [0.1, 0.15) is 11.2 Å². The van der Waals surface area contributed by atoms with Crippen LogP contribution in [0.15, 0.2) is 180 Å². The highest BCUT2D eigenvalue weighted by Crippen LogP contribution is 2.39. The number of fused-ring (bicyclic) bond motifs is 3. The first-order chi connectivity index (χ1) is 23.5. The van der Waals surface area contributed by atoms with E-state index in [-0.39, 0.29) is 35.4 Å². The molecule has 44 heavy (non-hydrogen) atoms. The van der Waals surface area contributed by atoms with Gasteiger partial charge in [-0.1, -0.05) is 121 Å². The van der Waals surface area contributed by atoms with Crippen molar-refractivity contribution in [3.05, 3.63) is 176 Å². The van der Waals surface area contributed by atoms with E-state index >= 15 is 0 Å². The Hall–Kier alpha value is -5.86. The van der Waals surface area contributed by atoms with Gasteiger partial charge in [-0.2, -0.15) is 0 Å². The first kappa shape index (κ1) is 21.8. The molecule has 0 fully saturated rings. The zero-order valence-electron chi connectivity index (χ0n) is 27.8. The summed E-state index contributed by atoms with van der Waals surface area (Å²) in [6.45, 7) is 0. The summed E-state index contributed by atoms with van der Waals surface area (Å²) in [5, 5.41) is 2.07. The van der Waals surface area contributed by atoms with Crippen LogP contribution < -0.4 is 4.90 Å². The summed E-state index contributed by atoms with van der Waals surface area (Å²) in [6, 6.07) is 49.0. The Balaban J connectivity index is 1.31. The molecule has 0 saturated carbocycles. The molecule has 0 atom stereocenters. The number of hydrogen-bond acceptors (Lipinski definition) is 2. The van der Waals surface area contributed by atoms with E-state index in [1.165, 1.54) is 0 Å². The van der Waals surface area contributed by atoms with Crippen molar-refractivity contribution in [1.29, 1.82) is 0 Å². The zero-order valence-corrected chi connectivity index (χ0v) is 23.8. The molecule has 0 aliphatic rings. The molecule has 1 heterocycles. The topological polar surface area (TPSA) is 16.4 Å². The lowest BCUT2D eigenvalue weighted by atomic mass is 10.0. The van der Waals surface area contributed by atoms with Gasteiger partial charge in [0.15, 0.2) is 0 Å². The molecule has 2 nitrogen and oxygen atoms in total. The van der Waals surface area contributed by atoms with Crippen LogP contribution in [0.25, 0.3) is 55.3 Å². The minimum Gasteiger partial charge on any atom is -0.456 e. The van der Waals surface area contributed by atoms with E-state index in [9.17, 15) is 2.74 Å². The molecular formula is C42H29NO. The van der Waals surface area contributed by atoms with E-state index < -0.39 is 0 Å². The summed E-state index contributed by atoms with van der Waals surface area (Å²) < 4.78 is 42.7. The average Bonchev–Trinajstić information content (AvgIpc) is 3.52. The summed E-state index contributed by atoms with van der Waals surface area (Å²) in [4.78, 5) is 1.83. The number of rotatable bonds is 6. The van der Waals surface area contributed by atoms with Gasteiger partial charge in [0.05, 0.1) is 5.48 Å². The fourth-order valence-electron chi connectivity index (χ4n) is 5.74. The molecular weight excluding hydrogens is 534 g/mol. The number of para-hydroxylation sites is 1. The molecule has 8 aromatic rings. The Kier molecular flexibility index (Phi) is 5.49. The van der Waals surface area contributed by atoms with Gasteiger partial charge in [-0.25, -0.2) is 0 Å². The third kappa shape index (κ3) is 4.83. The van der Waals surface area contributed by atoms with E-state index in [0.29, 0.717) is 11.3 Å². The van der Waals surface area contributed by atoms with Crippen LogP contribution in [-0.4, -0.2) is 0 Å². The lowest BCUT2D eigenvalue weighted by Crippen LogP contribution is -2.10. The standard InChI is InChI=1S/C42H29NO/c1-3-10-30(11-4-1)32-18-23-36(24-19-32)43(37-25-20-33(21-26-37)31-12-5-2-6-13-31)38-15-9-14-34(28-38)35-22-27-42-40(29-35)39-16-7-8-17-41(39)44-42/h1-29H/i18D,19D,23D,24D. The highest BCUT2D eigenvalue weighted by molar-refractivity contribution is 6.06. The van der Waals surface area contributed by atoms with Crippen LogP contribution in [-0.2, 0) is 0 Å². The Bertz CT molecular complexity index is 2410. The number of nitrogens with zero attached hydrogens (tertiary/aromatic N) is 1. The van der Waals surface area contributed by atoms with Crippen molar-refractivity contribution in [2.75, 3.05) is 4.90 Å². The number of anilines is 3. The zero-order chi connectivity index (χ0) is 32.8. The quantitative estimate of drug-likeness (QED) is 0.199.